The maximum absolute atomic E-state index is 12.6. The Kier molecular flexibility index (Phi) is 4.67. The molecule has 0 radical (unpaired) electrons. The fraction of sp³-hybridized carbons (Fsp3) is 0.750. The topological polar surface area (TPSA) is 46.9 Å². The molecule has 0 amide bonds. The van der Waals surface area contributed by atoms with E-state index in [0.29, 0.717) is 17.5 Å². The Labute approximate surface area is 134 Å². The first-order chi connectivity index (χ1) is 10.1. The van der Waals surface area contributed by atoms with Crippen molar-refractivity contribution in [3.8, 4) is 0 Å². The van der Waals surface area contributed by atoms with Crippen LogP contribution in [0.4, 0.5) is 5.69 Å². The molecule has 0 spiro atoms. The molecule has 0 bridgehead atoms. The molecule has 2 saturated carbocycles. The Morgan fingerprint density at radius 1 is 1.33 bits per heavy atom. The molecule has 2 unspecified atom stereocenters. The number of rotatable bonds is 5. The number of hydrogen-bond acceptors (Lipinski definition) is 3. The second-order valence-corrected chi connectivity index (χ2v) is 7.56. The van der Waals surface area contributed by atoms with Gasteiger partial charge in [-0.15, -0.1) is 0 Å². The van der Waals surface area contributed by atoms with Crippen molar-refractivity contribution in [3.63, 3.8) is 0 Å². The second-order valence-electron chi connectivity index (χ2n) is 6.70. The third kappa shape index (κ3) is 3.33. The van der Waals surface area contributed by atoms with Gasteiger partial charge in [-0.05, 0) is 52.9 Å². The van der Waals surface area contributed by atoms with E-state index in [-0.39, 0.29) is 5.56 Å². The molecule has 2 atom stereocenters. The van der Waals surface area contributed by atoms with Crippen LogP contribution in [0.3, 0.4) is 0 Å². The van der Waals surface area contributed by atoms with Gasteiger partial charge in [-0.25, -0.2) is 4.68 Å². The Morgan fingerprint density at radius 2 is 2.10 bits per heavy atom. The first kappa shape index (κ1) is 15.1. The van der Waals surface area contributed by atoms with Crippen molar-refractivity contribution in [2.75, 3.05) is 11.9 Å². The van der Waals surface area contributed by atoms with Gasteiger partial charge in [0.1, 0.15) is 5.69 Å². The van der Waals surface area contributed by atoms with Gasteiger partial charge in [-0.2, -0.15) is 5.10 Å². The normalized spacial score (nSPS) is 25.8. The van der Waals surface area contributed by atoms with Gasteiger partial charge < -0.3 is 5.32 Å². The molecule has 2 fully saturated rings. The number of halogens is 1. The smallest absolute Gasteiger partial charge is 0.291 e. The van der Waals surface area contributed by atoms with E-state index in [4.69, 9.17) is 0 Å². The van der Waals surface area contributed by atoms with Gasteiger partial charge in [0, 0.05) is 13.1 Å². The summed E-state index contributed by atoms with van der Waals surface area (Å²) in [7, 11) is 0. The number of nitrogens with zero attached hydrogens (tertiary/aromatic N) is 2. The van der Waals surface area contributed by atoms with Crippen LogP contribution < -0.4 is 10.9 Å². The molecular formula is C16H24BrN3O. The summed E-state index contributed by atoms with van der Waals surface area (Å²) in [5, 5.41) is 7.66. The number of anilines is 1. The van der Waals surface area contributed by atoms with Gasteiger partial charge in [0.25, 0.3) is 5.56 Å². The van der Waals surface area contributed by atoms with Crippen molar-refractivity contribution >= 4 is 21.6 Å². The lowest BCUT2D eigenvalue weighted by atomic mass is 9.85. The van der Waals surface area contributed by atoms with E-state index in [1.165, 1.54) is 38.5 Å². The average molecular weight is 354 g/mol. The fourth-order valence-electron chi connectivity index (χ4n) is 3.44. The average Bonchev–Trinajstić information content (AvgIpc) is 2.81. The van der Waals surface area contributed by atoms with Crippen molar-refractivity contribution in [3.05, 3.63) is 21.0 Å². The summed E-state index contributed by atoms with van der Waals surface area (Å²) >= 11 is 3.46. The van der Waals surface area contributed by atoms with Crippen molar-refractivity contribution in [2.45, 2.75) is 52.0 Å². The highest BCUT2D eigenvalue weighted by molar-refractivity contribution is 9.10. The van der Waals surface area contributed by atoms with E-state index in [9.17, 15) is 4.79 Å². The van der Waals surface area contributed by atoms with E-state index < -0.39 is 0 Å². The predicted octanol–water partition coefficient (Wildman–Crippen LogP) is 3.65. The minimum absolute atomic E-state index is 0.0157. The van der Waals surface area contributed by atoms with E-state index in [1.54, 1.807) is 10.9 Å². The third-order valence-electron chi connectivity index (χ3n) is 5.23. The SMILES string of the molecule is CC1CCCC1CNc1c(Br)cnn(CC2CCC2)c1=O. The second kappa shape index (κ2) is 6.51. The zero-order chi connectivity index (χ0) is 14.8. The van der Waals surface area contributed by atoms with Crippen LogP contribution in [-0.4, -0.2) is 16.3 Å². The molecule has 21 heavy (non-hydrogen) atoms. The lowest BCUT2D eigenvalue weighted by molar-refractivity contribution is 0.262. The molecule has 116 valence electrons. The summed E-state index contributed by atoms with van der Waals surface area (Å²) in [5.41, 5.74) is 0.699. The highest BCUT2D eigenvalue weighted by Gasteiger charge is 2.24. The molecule has 1 aromatic heterocycles. The van der Waals surface area contributed by atoms with Crippen LogP contribution >= 0.6 is 15.9 Å². The summed E-state index contributed by atoms with van der Waals surface area (Å²) in [6.45, 7) is 3.97. The minimum Gasteiger partial charge on any atom is -0.379 e. The zero-order valence-electron chi connectivity index (χ0n) is 12.6. The predicted molar refractivity (Wildman–Crippen MR) is 88.5 cm³/mol. The molecule has 0 aromatic carbocycles. The Bertz CT molecular complexity index is 553. The Balaban J connectivity index is 1.70. The highest BCUT2D eigenvalue weighted by atomic mass is 79.9. The third-order valence-corrected chi connectivity index (χ3v) is 5.83. The van der Waals surface area contributed by atoms with Gasteiger partial charge in [-0.3, -0.25) is 4.79 Å². The van der Waals surface area contributed by atoms with Gasteiger partial charge in [0.15, 0.2) is 0 Å². The zero-order valence-corrected chi connectivity index (χ0v) is 14.2. The van der Waals surface area contributed by atoms with Crippen LogP contribution in [0.25, 0.3) is 0 Å². The first-order valence-corrected chi connectivity index (χ1v) is 8.94. The minimum atomic E-state index is 0.0157. The summed E-state index contributed by atoms with van der Waals surface area (Å²) in [5.74, 6) is 2.08. The van der Waals surface area contributed by atoms with Crippen LogP contribution in [0.2, 0.25) is 0 Å². The first-order valence-electron chi connectivity index (χ1n) is 8.14. The molecule has 2 aliphatic carbocycles. The van der Waals surface area contributed by atoms with Crippen LogP contribution in [0.15, 0.2) is 15.5 Å². The highest BCUT2D eigenvalue weighted by Crippen LogP contribution is 2.31. The van der Waals surface area contributed by atoms with Gasteiger partial charge in [0.2, 0.25) is 0 Å². The molecule has 1 heterocycles. The fourth-order valence-corrected chi connectivity index (χ4v) is 3.84. The molecule has 0 saturated heterocycles. The maximum atomic E-state index is 12.6. The Morgan fingerprint density at radius 3 is 2.71 bits per heavy atom. The van der Waals surface area contributed by atoms with E-state index >= 15 is 0 Å². The monoisotopic (exact) mass is 353 g/mol. The van der Waals surface area contributed by atoms with Gasteiger partial charge >= 0.3 is 0 Å². The van der Waals surface area contributed by atoms with Crippen LogP contribution in [-0.2, 0) is 6.54 Å². The summed E-state index contributed by atoms with van der Waals surface area (Å²) < 4.78 is 2.41. The Hall–Kier alpha value is -0.840. The van der Waals surface area contributed by atoms with Gasteiger partial charge in [0.05, 0.1) is 10.7 Å². The molecule has 1 N–H and O–H groups in total. The van der Waals surface area contributed by atoms with E-state index in [1.807, 2.05) is 0 Å². The molecule has 4 nitrogen and oxygen atoms in total. The van der Waals surface area contributed by atoms with Crippen LogP contribution in [0.5, 0.6) is 0 Å². The number of nitrogens with one attached hydrogen (secondary N) is 1. The van der Waals surface area contributed by atoms with Crippen LogP contribution in [0, 0.1) is 17.8 Å². The number of hydrogen-bond donors (Lipinski definition) is 1. The van der Waals surface area contributed by atoms with Crippen molar-refractivity contribution in [1.29, 1.82) is 0 Å². The maximum Gasteiger partial charge on any atom is 0.291 e. The lowest BCUT2D eigenvalue weighted by Gasteiger charge is -2.25. The lowest BCUT2D eigenvalue weighted by Crippen LogP contribution is -2.31. The van der Waals surface area contributed by atoms with Crippen LogP contribution in [0.1, 0.15) is 45.4 Å². The number of aromatic nitrogens is 2. The molecule has 0 aliphatic heterocycles. The summed E-state index contributed by atoms with van der Waals surface area (Å²) in [6, 6.07) is 0. The summed E-state index contributed by atoms with van der Waals surface area (Å²) in [6.07, 6.45) is 9.40. The molecule has 2 aliphatic rings. The quantitative estimate of drug-likeness (QED) is 0.878. The largest absolute Gasteiger partial charge is 0.379 e. The standard InChI is InChI=1S/C16H24BrN3O/c1-11-4-2-7-13(11)8-18-15-14(17)9-19-20(16(15)21)10-12-5-3-6-12/h9,11-13,18H,2-8,10H2,1H3. The molecular weight excluding hydrogens is 330 g/mol. The summed E-state index contributed by atoms with van der Waals surface area (Å²) in [4.78, 5) is 12.6. The van der Waals surface area contributed by atoms with Crippen molar-refractivity contribution < 1.29 is 0 Å². The van der Waals surface area contributed by atoms with Crippen molar-refractivity contribution in [1.82, 2.24) is 9.78 Å². The van der Waals surface area contributed by atoms with E-state index in [0.717, 1.165) is 23.5 Å². The van der Waals surface area contributed by atoms with Gasteiger partial charge in [-0.1, -0.05) is 26.2 Å². The molecule has 3 rings (SSSR count). The van der Waals surface area contributed by atoms with Crippen molar-refractivity contribution in [2.24, 2.45) is 17.8 Å². The molecule has 5 heteroatoms. The molecule has 1 aromatic rings. The van der Waals surface area contributed by atoms with E-state index in [2.05, 4.69) is 33.3 Å².